The van der Waals surface area contributed by atoms with Gasteiger partial charge in [0.05, 0.1) is 26.2 Å². The Morgan fingerprint density at radius 3 is 2.23 bits per heavy atom. The topological polar surface area (TPSA) is 93.1 Å². The van der Waals surface area contributed by atoms with Gasteiger partial charge in [0, 0.05) is 16.1 Å². The second-order valence-corrected chi connectivity index (χ2v) is 8.58. The first kappa shape index (κ1) is 24.3. The summed E-state index contributed by atoms with van der Waals surface area (Å²) < 4.78 is 10.3. The molecule has 3 atom stereocenters. The van der Waals surface area contributed by atoms with Crippen LogP contribution in [-0.4, -0.2) is 48.1 Å². The summed E-state index contributed by atoms with van der Waals surface area (Å²) in [4.78, 5) is 39.9. The molecule has 0 radical (unpaired) electrons. The molecule has 180 valence electrons. The molecule has 0 aromatic heterocycles. The molecule has 8 heteroatoms. The van der Waals surface area contributed by atoms with Gasteiger partial charge in [-0.3, -0.25) is 9.59 Å². The van der Waals surface area contributed by atoms with Gasteiger partial charge in [0.1, 0.15) is 11.8 Å². The van der Waals surface area contributed by atoms with Crippen LogP contribution in [0.4, 0.5) is 0 Å². The fourth-order valence-electron chi connectivity index (χ4n) is 4.63. The Hall–Kier alpha value is -3.84. The van der Waals surface area contributed by atoms with Crippen LogP contribution in [0.5, 0.6) is 5.75 Å². The van der Waals surface area contributed by atoms with Crippen LogP contribution in [-0.2, 0) is 14.3 Å². The number of carbonyl (C=O) groups excluding carboxylic acids is 2. The van der Waals surface area contributed by atoms with E-state index in [1.807, 2.05) is 24.3 Å². The Morgan fingerprint density at radius 1 is 0.943 bits per heavy atom. The molecule has 0 aliphatic carbocycles. The molecular formula is C27H24ClNO6. The molecule has 0 bridgehead atoms. The molecule has 4 rings (SSSR count). The van der Waals surface area contributed by atoms with Gasteiger partial charge in [-0.25, -0.2) is 4.79 Å². The Labute approximate surface area is 207 Å². The van der Waals surface area contributed by atoms with Crippen LogP contribution in [0.25, 0.3) is 11.1 Å². The highest BCUT2D eigenvalue weighted by molar-refractivity contribution is 6.31. The zero-order valence-electron chi connectivity index (χ0n) is 19.2. The van der Waals surface area contributed by atoms with Gasteiger partial charge in [0.2, 0.25) is 0 Å². The summed E-state index contributed by atoms with van der Waals surface area (Å²) >= 11 is 6.41. The van der Waals surface area contributed by atoms with Crippen LogP contribution in [0.3, 0.4) is 0 Å². The fourth-order valence-corrected chi connectivity index (χ4v) is 4.87. The van der Waals surface area contributed by atoms with Crippen LogP contribution < -0.4 is 4.74 Å². The summed E-state index contributed by atoms with van der Waals surface area (Å²) in [6, 6.07) is 19.1. The maximum absolute atomic E-state index is 13.8. The van der Waals surface area contributed by atoms with E-state index in [4.69, 9.17) is 21.1 Å². The number of nitrogens with zero attached hydrogens (tertiary/aromatic N) is 1. The number of hydrogen-bond donors (Lipinski definition) is 1. The molecule has 1 saturated heterocycles. The van der Waals surface area contributed by atoms with E-state index in [2.05, 4.69) is 0 Å². The lowest BCUT2D eigenvalue weighted by Crippen LogP contribution is -2.42. The summed E-state index contributed by atoms with van der Waals surface area (Å²) in [5.74, 6) is -2.62. The van der Waals surface area contributed by atoms with E-state index in [-0.39, 0.29) is 6.42 Å². The smallest absolute Gasteiger partial charge is 0.328 e. The number of amides is 1. The normalized spacial score (nSPS) is 19.3. The number of carboxylic acids is 1. The molecule has 7 nitrogen and oxygen atoms in total. The quantitative estimate of drug-likeness (QED) is 0.494. The number of benzene rings is 3. The molecule has 35 heavy (non-hydrogen) atoms. The minimum absolute atomic E-state index is 0.0804. The molecule has 1 aliphatic rings. The third-order valence-electron chi connectivity index (χ3n) is 6.29. The molecule has 3 unspecified atom stereocenters. The first-order chi connectivity index (χ1) is 16.9. The number of carboxylic acid groups (broad SMARTS) is 1. The average molecular weight is 494 g/mol. The predicted octanol–water partition coefficient (Wildman–Crippen LogP) is 4.85. The van der Waals surface area contributed by atoms with E-state index in [9.17, 15) is 19.5 Å². The van der Waals surface area contributed by atoms with Gasteiger partial charge in [0.15, 0.2) is 0 Å². The van der Waals surface area contributed by atoms with E-state index in [1.54, 1.807) is 55.6 Å². The molecular weight excluding hydrogens is 470 g/mol. The summed E-state index contributed by atoms with van der Waals surface area (Å²) in [5.41, 5.74) is 2.48. The molecule has 0 spiro atoms. The van der Waals surface area contributed by atoms with Crippen LogP contribution in [0.15, 0.2) is 72.8 Å². The van der Waals surface area contributed by atoms with Crippen molar-refractivity contribution in [2.24, 2.45) is 5.92 Å². The number of carbonyl (C=O) groups is 3. The maximum Gasteiger partial charge on any atom is 0.328 e. The van der Waals surface area contributed by atoms with Crippen LogP contribution >= 0.6 is 11.6 Å². The summed E-state index contributed by atoms with van der Waals surface area (Å²) in [7, 11) is 2.80. The molecule has 1 amide bonds. The van der Waals surface area contributed by atoms with Crippen molar-refractivity contribution in [2.75, 3.05) is 14.2 Å². The third-order valence-corrected chi connectivity index (χ3v) is 6.64. The van der Waals surface area contributed by atoms with Crippen molar-refractivity contribution in [3.63, 3.8) is 0 Å². The maximum atomic E-state index is 13.8. The monoisotopic (exact) mass is 493 g/mol. The van der Waals surface area contributed by atoms with Crippen molar-refractivity contribution >= 4 is 29.4 Å². The van der Waals surface area contributed by atoms with Crippen molar-refractivity contribution in [1.82, 2.24) is 4.90 Å². The van der Waals surface area contributed by atoms with Gasteiger partial charge < -0.3 is 19.5 Å². The minimum atomic E-state index is -1.12. The van der Waals surface area contributed by atoms with E-state index >= 15 is 0 Å². The lowest BCUT2D eigenvalue weighted by atomic mass is 9.93. The van der Waals surface area contributed by atoms with Crippen LogP contribution in [0, 0.1) is 5.92 Å². The van der Waals surface area contributed by atoms with E-state index in [0.29, 0.717) is 21.9 Å². The van der Waals surface area contributed by atoms with Gasteiger partial charge in [-0.05, 0) is 41.8 Å². The number of ether oxygens (including phenoxy) is 2. The molecule has 3 aromatic carbocycles. The van der Waals surface area contributed by atoms with Crippen molar-refractivity contribution in [2.45, 2.75) is 18.5 Å². The largest absolute Gasteiger partial charge is 0.496 e. The lowest BCUT2D eigenvalue weighted by molar-refractivity contribution is -0.145. The number of halogens is 1. The Balaban J connectivity index is 1.76. The van der Waals surface area contributed by atoms with Crippen molar-refractivity contribution in [1.29, 1.82) is 0 Å². The lowest BCUT2D eigenvalue weighted by Gasteiger charge is -2.31. The molecule has 0 saturated carbocycles. The Kier molecular flexibility index (Phi) is 7.07. The van der Waals surface area contributed by atoms with Crippen molar-refractivity contribution < 1.29 is 29.0 Å². The number of methoxy groups -OCH3 is 2. The van der Waals surface area contributed by atoms with Gasteiger partial charge >= 0.3 is 11.9 Å². The fraction of sp³-hybridized carbons (Fsp3) is 0.222. The molecule has 3 aromatic rings. The molecule has 1 heterocycles. The van der Waals surface area contributed by atoms with Gasteiger partial charge in [-0.15, -0.1) is 0 Å². The Morgan fingerprint density at radius 2 is 1.60 bits per heavy atom. The highest BCUT2D eigenvalue weighted by Gasteiger charge is 2.51. The van der Waals surface area contributed by atoms with Crippen LogP contribution in [0.1, 0.15) is 28.4 Å². The zero-order valence-corrected chi connectivity index (χ0v) is 19.9. The Bertz CT molecular complexity index is 1260. The molecule has 1 N–H and O–H groups in total. The standard InChI is InChI=1S/C27H24ClNO6/c1-34-23-10-6-4-7-18(23)16-11-13-17(14-12-16)25(30)29-22(27(33)35-2)15-20(26(31)32)24(29)19-8-3-5-9-21(19)28/h3-14,20,22,24H,15H2,1-2H3,(H,31,32). The summed E-state index contributed by atoms with van der Waals surface area (Å²) in [6.45, 7) is 0. The number of esters is 1. The minimum Gasteiger partial charge on any atom is -0.496 e. The average Bonchev–Trinajstić information content (AvgIpc) is 3.29. The molecule has 1 aliphatic heterocycles. The van der Waals surface area contributed by atoms with Crippen LogP contribution in [0.2, 0.25) is 5.02 Å². The second-order valence-electron chi connectivity index (χ2n) is 8.18. The number of aliphatic carboxylic acids is 1. The van der Waals surface area contributed by atoms with E-state index in [1.165, 1.54) is 12.0 Å². The second kappa shape index (κ2) is 10.2. The summed E-state index contributed by atoms with van der Waals surface area (Å²) in [5, 5.41) is 10.3. The van der Waals surface area contributed by atoms with Gasteiger partial charge in [-0.2, -0.15) is 0 Å². The first-order valence-corrected chi connectivity index (χ1v) is 11.4. The number of para-hydroxylation sites is 1. The van der Waals surface area contributed by atoms with Gasteiger partial charge in [-0.1, -0.05) is 60.1 Å². The number of hydrogen-bond acceptors (Lipinski definition) is 5. The predicted molar refractivity (Wildman–Crippen MR) is 130 cm³/mol. The number of likely N-dealkylation sites (tertiary alicyclic amines) is 1. The third kappa shape index (κ3) is 4.59. The van der Waals surface area contributed by atoms with Crippen molar-refractivity contribution in [3.05, 3.63) is 88.9 Å². The molecule has 1 fully saturated rings. The van der Waals surface area contributed by atoms with E-state index < -0.39 is 35.8 Å². The highest BCUT2D eigenvalue weighted by atomic mass is 35.5. The highest BCUT2D eigenvalue weighted by Crippen LogP contribution is 2.44. The number of rotatable bonds is 6. The first-order valence-electron chi connectivity index (χ1n) is 11.0. The van der Waals surface area contributed by atoms with E-state index in [0.717, 1.165) is 11.1 Å². The van der Waals surface area contributed by atoms with Gasteiger partial charge in [0.25, 0.3) is 5.91 Å². The van der Waals surface area contributed by atoms with Crippen molar-refractivity contribution in [3.8, 4) is 16.9 Å². The SMILES string of the molecule is COC(=O)C1CC(C(=O)O)C(c2ccccc2Cl)N1C(=O)c1ccc(-c2ccccc2OC)cc1. The summed E-state index contributed by atoms with van der Waals surface area (Å²) in [6.07, 6.45) is -0.0804. The zero-order chi connectivity index (χ0) is 25.1.